The van der Waals surface area contributed by atoms with E-state index in [0.29, 0.717) is 13.0 Å². The average Bonchev–Trinajstić information content (AvgIpc) is 3.32. The van der Waals surface area contributed by atoms with Crippen molar-refractivity contribution in [1.29, 1.82) is 0 Å². The molecule has 3 rings (SSSR count). The molecule has 202 valence electrons. The molecule has 0 fully saturated rings. The maximum absolute atomic E-state index is 12.6. The molecule has 0 atom stereocenters. The normalized spacial score (nSPS) is 13.3. The lowest BCUT2D eigenvalue weighted by atomic mass is 10.0. The van der Waals surface area contributed by atoms with E-state index in [0.717, 1.165) is 29.1 Å². The fraction of sp³-hybridized carbons (Fsp3) is 0.576. The molecule has 0 N–H and O–H groups in total. The molecule has 2 aromatic rings. The van der Waals surface area contributed by atoms with Crippen molar-refractivity contribution in [2.45, 2.75) is 116 Å². The lowest BCUT2D eigenvalue weighted by molar-refractivity contribution is -0.116. The van der Waals surface area contributed by atoms with Crippen LogP contribution in [-0.4, -0.2) is 18.2 Å². The highest BCUT2D eigenvalue weighted by Crippen LogP contribution is 2.27. The van der Waals surface area contributed by atoms with Gasteiger partial charge in [-0.25, -0.2) is 5.01 Å². The predicted octanol–water partition coefficient (Wildman–Crippen LogP) is 9.47. The zero-order valence-electron chi connectivity index (χ0n) is 23.1. The molecule has 0 radical (unpaired) electrons. The minimum absolute atomic E-state index is 0.00573. The maximum Gasteiger partial charge on any atom is 0.253 e. The van der Waals surface area contributed by atoms with Crippen LogP contribution < -0.4 is 9.75 Å². The Morgan fingerprint density at radius 2 is 1.19 bits per heavy atom. The molecule has 0 aromatic heterocycles. The van der Waals surface area contributed by atoms with Gasteiger partial charge in [0.2, 0.25) is 0 Å². The van der Waals surface area contributed by atoms with E-state index in [2.05, 4.69) is 12.0 Å². The Kier molecular flexibility index (Phi) is 13.9. The summed E-state index contributed by atoms with van der Waals surface area (Å²) in [6, 6.07) is 17.6. The van der Waals surface area contributed by atoms with Crippen molar-refractivity contribution >= 4 is 17.3 Å². The molecule has 1 aliphatic rings. The second-order valence-corrected chi connectivity index (χ2v) is 10.4. The first-order valence-corrected chi connectivity index (χ1v) is 15.0. The number of benzene rings is 2. The van der Waals surface area contributed by atoms with Gasteiger partial charge in [0.25, 0.3) is 5.91 Å². The molecular weight excluding hydrogens is 456 g/mol. The summed E-state index contributed by atoms with van der Waals surface area (Å²) < 4.78 is 6.13. The highest BCUT2D eigenvalue weighted by atomic mass is 16.5. The summed E-state index contributed by atoms with van der Waals surface area (Å²) in [5.41, 5.74) is 2.50. The first kappa shape index (κ1) is 28.9. The zero-order valence-corrected chi connectivity index (χ0v) is 23.1. The first-order valence-electron chi connectivity index (χ1n) is 15.0. The molecule has 0 bridgehead atoms. The van der Waals surface area contributed by atoms with Crippen molar-refractivity contribution in [1.82, 2.24) is 0 Å². The zero-order chi connectivity index (χ0) is 26.0. The van der Waals surface area contributed by atoms with E-state index >= 15 is 0 Å². The topological polar surface area (TPSA) is 41.9 Å². The second-order valence-electron chi connectivity index (χ2n) is 10.4. The van der Waals surface area contributed by atoms with E-state index in [-0.39, 0.29) is 5.91 Å². The number of anilines is 1. The number of para-hydroxylation sites is 2. The third-order valence-corrected chi connectivity index (χ3v) is 7.23. The van der Waals surface area contributed by atoms with Gasteiger partial charge in [-0.05, 0) is 30.7 Å². The minimum Gasteiger partial charge on any atom is -0.493 e. The number of amides is 1. The Labute approximate surface area is 225 Å². The number of carbonyl (C=O) groups excluding carboxylic acids is 1. The summed E-state index contributed by atoms with van der Waals surface area (Å²) in [6.07, 6.45) is 22.2. The van der Waals surface area contributed by atoms with Crippen molar-refractivity contribution in [2.24, 2.45) is 5.10 Å². The molecule has 0 spiro atoms. The number of hydrogen-bond donors (Lipinski definition) is 0. The van der Waals surface area contributed by atoms with E-state index in [1.807, 2.05) is 54.6 Å². The molecule has 1 aliphatic heterocycles. The van der Waals surface area contributed by atoms with Gasteiger partial charge in [-0.3, -0.25) is 4.79 Å². The molecule has 0 aliphatic carbocycles. The smallest absolute Gasteiger partial charge is 0.253 e. The highest BCUT2D eigenvalue weighted by Gasteiger charge is 2.27. The fourth-order valence-electron chi connectivity index (χ4n) is 5.01. The Bertz CT molecular complexity index is 925. The summed E-state index contributed by atoms with van der Waals surface area (Å²) in [7, 11) is 0. The Hall–Kier alpha value is -2.62. The fourth-order valence-corrected chi connectivity index (χ4v) is 5.01. The standard InChI is InChI=1S/C33H48N2O2/c1-2-3-4-5-6-7-8-9-10-11-12-13-14-15-16-22-27-37-32-26-21-20-25-30(32)31-28-33(36)35(34-31)29-23-18-17-19-24-29/h17-21,23-26H,2-16,22,27-28H2,1H3. The molecule has 0 saturated carbocycles. The molecule has 0 saturated heterocycles. The van der Waals surface area contributed by atoms with E-state index in [1.165, 1.54) is 101 Å². The van der Waals surface area contributed by atoms with Gasteiger partial charge in [0, 0.05) is 5.56 Å². The summed E-state index contributed by atoms with van der Waals surface area (Å²) in [4.78, 5) is 12.6. The molecule has 1 amide bonds. The third-order valence-electron chi connectivity index (χ3n) is 7.23. The molecule has 1 heterocycles. The van der Waals surface area contributed by atoms with Gasteiger partial charge >= 0.3 is 0 Å². The Balaban J connectivity index is 1.24. The molecule has 4 heteroatoms. The third kappa shape index (κ3) is 10.7. The minimum atomic E-state index is -0.00573. The molecule has 0 unspecified atom stereocenters. The molecule has 4 nitrogen and oxygen atoms in total. The van der Waals surface area contributed by atoms with E-state index in [1.54, 1.807) is 0 Å². The van der Waals surface area contributed by atoms with Crippen LogP contribution in [0.15, 0.2) is 59.7 Å². The highest BCUT2D eigenvalue weighted by molar-refractivity contribution is 6.20. The molecule has 2 aromatic carbocycles. The van der Waals surface area contributed by atoms with Crippen LogP contribution in [0.2, 0.25) is 0 Å². The second kappa shape index (κ2) is 17.8. The summed E-state index contributed by atoms with van der Waals surface area (Å²) in [5.74, 6) is 0.818. The summed E-state index contributed by atoms with van der Waals surface area (Å²) >= 11 is 0. The Morgan fingerprint density at radius 3 is 1.78 bits per heavy atom. The van der Waals surface area contributed by atoms with Crippen molar-refractivity contribution in [3.05, 3.63) is 60.2 Å². The summed E-state index contributed by atoms with van der Waals surface area (Å²) in [5, 5.41) is 6.12. The average molecular weight is 505 g/mol. The quantitative estimate of drug-likeness (QED) is 0.168. The van der Waals surface area contributed by atoms with Crippen LogP contribution >= 0.6 is 0 Å². The van der Waals surface area contributed by atoms with Gasteiger partial charge in [0.05, 0.1) is 24.4 Å². The van der Waals surface area contributed by atoms with Gasteiger partial charge in [0.1, 0.15) is 5.75 Å². The number of hydrogen-bond acceptors (Lipinski definition) is 3. The number of carbonyl (C=O) groups is 1. The van der Waals surface area contributed by atoms with Crippen molar-refractivity contribution < 1.29 is 9.53 Å². The number of ether oxygens (including phenoxy) is 1. The summed E-state index contributed by atoms with van der Waals surface area (Å²) in [6.45, 7) is 2.99. The van der Waals surface area contributed by atoms with E-state index < -0.39 is 0 Å². The van der Waals surface area contributed by atoms with Crippen LogP contribution in [0.25, 0.3) is 0 Å². The van der Waals surface area contributed by atoms with Crippen LogP contribution in [0.3, 0.4) is 0 Å². The van der Waals surface area contributed by atoms with E-state index in [4.69, 9.17) is 4.74 Å². The Morgan fingerprint density at radius 1 is 0.676 bits per heavy atom. The number of hydrazone groups is 1. The monoisotopic (exact) mass is 504 g/mol. The van der Waals surface area contributed by atoms with Crippen LogP contribution in [0.4, 0.5) is 5.69 Å². The number of rotatable bonds is 20. The van der Waals surface area contributed by atoms with Gasteiger partial charge in [-0.15, -0.1) is 0 Å². The number of unbranched alkanes of at least 4 members (excludes halogenated alkanes) is 15. The van der Waals surface area contributed by atoms with Gasteiger partial charge in [0.15, 0.2) is 0 Å². The van der Waals surface area contributed by atoms with Gasteiger partial charge < -0.3 is 4.74 Å². The van der Waals surface area contributed by atoms with Crippen molar-refractivity contribution in [3.8, 4) is 5.75 Å². The van der Waals surface area contributed by atoms with Gasteiger partial charge in [-0.2, -0.15) is 5.10 Å². The molecule has 37 heavy (non-hydrogen) atoms. The van der Waals surface area contributed by atoms with E-state index in [9.17, 15) is 4.79 Å². The lowest BCUT2D eigenvalue weighted by Gasteiger charge is -2.11. The SMILES string of the molecule is CCCCCCCCCCCCCCCCCCOc1ccccc1C1=NN(c2ccccc2)C(=O)C1. The van der Waals surface area contributed by atoms with Crippen molar-refractivity contribution in [3.63, 3.8) is 0 Å². The first-order chi connectivity index (χ1) is 18.3. The van der Waals surface area contributed by atoms with Crippen LogP contribution in [0, 0.1) is 0 Å². The predicted molar refractivity (Wildman–Crippen MR) is 157 cm³/mol. The number of nitrogens with zero attached hydrogens (tertiary/aromatic N) is 2. The van der Waals surface area contributed by atoms with Gasteiger partial charge in [-0.1, -0.05) is 134 Å². The van der Waals surface area contributed by atoms with Crippen molar-refractivity contribution in [2.75, 3.05) is 11.6 Å². The molecular formula is C33H48N2O2. The maximum atomic E-state index is 12.6. The van der Waals surface area contributed by atoms with Crippen LogP contribution in [0.5, 0.6) is 5.75 Å². The lowest BCUT2D eigenvalue weighted by Crippen LogP contribution is -2.19. The van der Waals surface area contributed by atoms with Crippen LogP contribution in [-0.2, 0) is 4.79 Å². The van der Waals surface area contributed by atoms with Crippen LogP contribution in [0.1, 0.15) is 122 Å². The largest absolute Gasteiger partial charge is 0.493 e.